The second kappa shape index (κ2) is 7.44. The Labute approximate surface area is 141 Å². The van der Waals surface area contributed by atoms with Crippen LogP contribution in [0.2, 0.25) is 0 Å². The lowest BCUT2D eigenvalue weighted by Crippen LogP contribution is -2.46. The Morgan fingerprint density at radius 3 is 3.12 bits per heavy atom. The summed E-state index contributed by atoms with van der Waals surface area (Å²) < 4.78 is 7.48. The van der Waals surface area contributed by atoms with Gasteiger partial charge in [0.15, 0.2) is 0 Å². The van der Waals surface area contributed by atoms with Crippen molar-refractivity contribution in [3.63, 3.8) is 0 Å². The summed E-state index contributed by atoms with van der Waals surface area (Å²) in [6, 6.07) is 3.84. The van der Waals surface area contributed by atoms with Crippen LogP contribution in [0.5, 0.6) is 0 Å². The summed E-state index contributed by atoms with van der Waals surface area (Å²) in [5.74, 6) is 0.614. The normalized spacial score (nSPS) is 17.9. The summed E-state index contributed by atoms with van der Waals surface area (Å²) in [5, 5.41) is 4.17. The van der Waals surface area contributed by atoms with Crippen molar-refractivity contribution >= 4 is 11.7 Å². The highest BCUT2D eigenvalue weighted by atomic mass is 16.5. The van der Waals surface area contributed by atoms with E-state index in [0.29, 0.717) is 25.5 Å². The first-order valence-electron chi connectivity index (χ1n) is 8.19. The van der Waals surface area contributed by atoms with Crippen molar-refractivity contribution in [2.75, 3.05) is 25.4 Å². The van der Waals surface area contributed by atoms with Crippen molar-refractivity contribution in [2.24, 2.45) is 0 Å². The number of carbonyl (C=O) groups excluding carboxylic acids is 1. The fourth-order valence-corrected chi connectivity index (χ4v) is 2.89. The lowest BCUT2D eigenvalue weighted by molar-refractivity contribution is -0.139. The summed E-state index contributed by atoms with van der Waals surface area (Å²) >= 11 is 0. The number of pyridine rings is 1. The van der Waals surface area contributed by atoms with E-state index in [1.54, 1.807) is 17.1 Å². The fourth-order valence-electron chi connectivity index (χ4n) is 2.89. The molecule has 1 aliphatic rings. The maximum absolute atomic E-state index is 12.4. The van der Waals surface area contributed by atoms with Gasteiger partial charge in [-0.15, -0.1) is 0 Å². The SMILES string of the molecule is Cc1cnn(CC(=O)N2CCOC(CCc3ccnc(N)c3)C2)c1. The minimum atomic E-state index is 0.0523. The van der Waals surface area contributed by atoms with E-state index in [4.69, 9.17) is 10.5 Å². The van der Waals surface area contributed by atoms with E-state index in [-0.39, 0.29) is 18.6 Å². The number of carbonyl (C=O) groups is 1. The van der Waals surface area contributed by atoms with Crippen molar-refractivity contribution in [2.45, 2.75) is 32.4 Å². The molecule has 128 valence electrons. The number of nitrogens with two attached hydrogens (primary N) is 1. The third-order valence-electron chi connectivity index (χ3n) is 4.15. The van der Waals surface area contributed by atoms with Gasteiger partial charge in [-0.2, -0.15) is 5.10 Å². The zero-order valence-electron chi connectivity index (χ0n) is 13.9. The molecule has 2 aromatic rings. The van der Waals surface area contributed by atoms with Crippen molar-refractivity contribution in [3.8, 4) is 0 Å². The van der Waals surface area contributed by atoms with E-state index in [1.807, 2.05) is 30.2 Å². The van der Waals surface area contributed by atoms with Gasteiger partial charge in [0.2, 0.25) is 5.91 Å². The number of hydrogen-bond acceptors (Lipinski definition) is 5. The monoisotopic (exact) mass is 329 g/mol. The zero-order valence-corrected chi connectivity index (χ0v) is 13.9. The van der Waals surface area contributed by atoms with Gasteiger partial charge in [-0.05, 0) is 43.0 Å². The van der Waals surface area contributed by atoms with Crippen LogP contribution in [0.4, 0.5) is 5.82 Å². The van der Waals surface area contributed by atoms with E-state index in [0.717, 1.165) is 24.0 Å². The fraction of sp³-hybridized carbons (Fsp3) is 0.471. The highest BCUT2D eigenvalue weighted by Gasteiger charge is 2.24. The van der Waals surface area contributed by atoms with Crippen LogP contribution in [-0.2, 0) is 22.5 Å². The number of nitrogens with zero attached hydrogens (tertiary/aromatic N) is 4. The number of hydrogen-bond donors (Lipinski definition) is 1. The minimum absolute atomic E-state index is 0.0523. The predicted molar refractivity (Wildman–Crippen MR) is 90.3 cm³/mol. The summed E-state index contributed by atoms with van der Waals surface area (Å²) in [7, 11) is 0. The first kappa shape index (κ1) is 16.4. The quantitative estimate of drug-likeness (QED) is 0.885. The van der Waals surface area contributed by atoms with Gasteiger partial charge in [-0.3, -0.25) is 9.48 Å². The molecular formula is C17H23N5O2. The van der Waals surface area contributed by atoms with Crippen molar-refractivity contribution in [1.29, 1.82) is 0 Å². The van der Waals surface area contributed by atoms with Gasteiger partial charge in [-0.25, -0.2) is 4.98 Å². The maximum Gasteiger partial charge on any atom is 0.244 e. The molecule has 2 N–H and O–H groups in total. The Bertz CT molecular complexity index is 700. The van der Waals surface area contributed by atoms with Crippen LogP contribution in [0.15, 0.2) is 30.7 Å². The molecule has 7 heteroatoms. The standard InChI is InChI=1S/C17H23N5O2/c1-13-9-20-22(10-13)12-17(23)21-6-7-24-15(11-21)3-2-14-4-5-19-16(18)8-14/h4-5,8-10,15H,2-3,6-7,11-12H2,1H3,(H2,18,19). The van der Waals surface area contributed by atoms with Crippen LogP contribution in [-0.4, -0.2) is 51.4 Å². The molecule has 1 saturated heterocycles. The van der Waals surface area contributed by atoms with Crippen LogP contribution in [0.3, 0.4) is 0 Å². The molecule has 1 aliphatic heterocycles. The van der Waals surface area contributed by atoms with Crippen LogP contribution < -0.4 is 5.73 Å². The molecule has 24 heavy (non-hydrogen) atoms. The third-order valence-corrected chi connectivity index (χ3v) is 4.15. The number of aryl methyl sites for hydroxylation is 2. The van der Waals surface area contributed by atoms with Crippen molar-refractivity contribution in [1.82, 2.24) is 19.7 Å². The van der Waals surface area contributed by atoms with Crippen molar-refractivity contribution in [3.05, 3.63) is 41.9 Å². The Morgan fingerprint density at radius 2 is 2.38 bits per heavy atom. The van der Waals surface area contributed by atoms with Crippen LogP contribution >= 0.6 is 0 Å². The molecule has 7 nitrogen and oxygen atoms in total. The average molecular weight is 329 g/mol. The third kappa shape index (κ3) is 4.32. The molecule has 3 heterocycles. The Hall–Kier alpha value is -2.41. The van der Waals surface area contributed by atoms with Gasteiger partial charge in [0.05, 0.1) is 18.9 Å². The highest BCUT2D eigenvalue weighted by molar-refractivity contribution is 5.76. The summed E-state index contributed by atoms with van der Waals surface area (Å²) in [4.78, 5) is 18.3. The predicted octanol–water partition coefficient (Wildman–Crippen LogP) is 1.03. The second-order valence-corrected chi connectivity index (χ2v) is 6.18. The summed E-state index contributed by atoms with van der Waals surface area (Å²) in [6.07, 6.45) is 7.12. The highest BCUT2D eigenvalue weighted by Crippen LogP contribution is 2.14. The number of aromatic nitrogens is 3. The van der Waals surface area contributed by atoms with E-state index >= 15 is 0 Å². The largest absolute Gasteiger partial charge is 0.384 e. The smallest absolute Gasteiger partial charge is 0.244 e. The van der Waals surface area contributed by atoms with E-state index in [2.05, 4.69) is 10.1 Å². The molecule has 0 spiro atoms. The molecule has 0 aliphatic carbocycles. The van der Waals surface area contributed by atoms with Gasteiger partial charge < -0.3 is 15.4 Å². The Kier molecular flexibility index (Phi) is 5.10. The van der Waals surface area contributed by atoms with Crippen LogP contribution in [0, 0.1) is 6.92 Å². The number of morpholine rings is 1. The van der Waals surface area contributed by atoms with Gasteiger partial charge in [0.1, 0.15) is 12.4 Å². The second-order valence-electron chi connectivity index (χ2n) is 6.18. The number of ether oxygens (including phenoxy) is 1. The van der Waals surface area contributed by atoms with Crippen LogP contribution in [0.1, 0.15) is 17.5 Å². The van der Waals surface area contributed by atoms with Gasteiger partial charge in [0, 0.05) is 25.5 Å². The Balaban J connectivity index is 1.51. The summed E-state index contributed by atoms with van der Waals surface area (Å²) in [6.45, 7) is 4.08. The molecule has 0 aromatic carbocycles. The van der Waals surface area contributed by atoms with Gasteiger partial charge in [0.25, 0.3) is 0 Å². The number of anilines is 1. The molecule has 1 atom stereocenters. The first-order chi connectivity index (χ1) is 11.6. The van der Waals surface area contributed by atoms with E-state index in [9.17, 15) is 4.79 Å². The van der Waals surface area contributed by atoms with Crippen LogP contribution in [0.25, 0.3) is 0 Å². The zero-order chi connectivity index (χ0) is 16.9. The first-order valence-corrected chi connectivity index (χ1v) is 8.19. The van der Waals surface area contributed by atoms with E-state index < -0.39 is 0 Å². The minimum Gasteiger partial charge on any atom is -0.384 e. The number of nitrogen functional groups attached to an aromatic ring is 1. The maximum atomic E-state index is 12.4. The molecule has 1 unspecified atom stereocenters. The lowest BCUT2D eigenvalue weighted by Gasteiger charge is -2.33. The Morgan fingerprint density at radius 1 is 1.50 bits per heavy atom. The molecular weight excluding hydrogens is 306 g/mol. The molecule has 2 aromatic heterocycles. The molecule has 3 rings (SSSR count). The molecule has 0 radical (unpaired) electrons. The number of amides is 1. The van der Waals surface area contributed by atoms with Crippen molar-refractivity contribution < 1.29 is 9.53 Å². The summed E-state index contributed by atoms with van der Waals surface area (Å²) in [5.41, 5.74) is 7.90. The molecule has 0 bridgehead atoms. The van der Waals surface area contributed by atoms with Gasteiger partial charge >= 0.3 is 0 Å². The lowest BCUT2D eigenvalue weighted by atomic mass is 10.1. The van der Waals surface area contributed by atoms with E-state index in [1.165, 1.54) is 0 Å². The molecule has 1 fully saturated rings. The molecule has 0 saturated carbocycles. The number of rotatable bonds is 5. The average Bonchev–Trinajstić information content (AvgIpc) is 2.98. The van der Waals surface area contributed by atoms with Gasteiger partial charge in [-0.1, -0.05) is 0 Å². The topological polar surface area (TPSA) is 86.3 Å². The molecule has 1 amide bonds.